The van der Waals surface area contributed by atoms with Crippen molar-refractivity contribution in [1.29, 1.82) is 0 Å². The van der Waals surface area contributed by atoms with Crippen molar-refractivity contribution in [2.45, 2.75) is 6.92 Å². The molecular formula is C12H11Cl2N3. The van der Waals surface area contributed by atoms with Crippen LogP contribution in [0.3, 0.4) is 0 Å². The van der Waals surface area contributed by atoms with E-state index in [1.807, 2.05) is 19.1 Å². The first kappa shape index (κ1) is 12.1. The number of benzene rings is 1. The summed E-state index contributed by atoms with van der Waals surface area (Å²) in [6.07, 6.45) is 0. The van der Waals surface area contributed by atoms with Crippen LogP contribution in [-0.2, 0) is 0 Å². The van der Waals surface area contributed by atoms with Crippen molar-refractivity contribution in [1.82, 2.24) is 9.97 Å². The average Bonchev–Trinajstić information content (AvgIpc) is 2.32. The monoisotopic (exact) mass is 267 g/mol. The van der Waals surface area contributed by atoms with E-state index in [2.05, 4.69) is 15.3 Å². The Hall–Kier alpha value is -1.32. The van der Waals surface area contributed by atoms with Crippen LogP contribution < -0.4 is 5.32 Å². The van der Waals surface area contributed by atoms with Crippen LogP contribution in [0.25, 0.3) is 11.3 Å². The van der Waals surface area contributed by atoms with Gasteiger partial charge in [-0.2, -0.15) is 0 Å². The normalized spacial score (nSPS) is 10.4. The summed E-state index contributed by atoms with van der Waals surface area (Å²) in [7, 11) is 1.79. The molecule has 0 unspecified atom stereocenters. The quantitative estimate of drug-likeness (QED) is 0.900. The van der Waals surface area contributed by atoms with Crippen molar-refractivity contribution < 1.29 is 0 Å². The molecule has 17 heavy (non-hydrogen) atoms. The van der Waals surface area contributed by atoms with Gasteiger partial charge in [-0.1, -0.05) is 29.3 Å². The van der Waals surface area contributed by atoms with E-state index in [4.69, 9.17) is 23.2 Å². The molecule has 0 bridgehead atoms. The minimum absolute atomic E-state index is 0.520. The fourth-order valence-corrected chi connectivity index (χ4v) is 1.78. The number of halogens is 2. The summed E-state index contributed by atoms with van der Waals surface area (Å²) in [6, 6.07) is 7.34. The maximum atomic E-state index is 5.99. The molecule has 1 heterocycles. The summed E-state index contributed by atoms with van der Waals surface area (Å²) < 4.78 is 0. The van der Waals surface area contributed by atoms with E-state index in [1.165, 1.54) is 0 Å². The Morgan fingerprint density at radius 2 is 1.82 bits per heavy atom. The Morgan fingerprint density at radius 3 is 2.47 bits per heavy atom. The lowest BCUT2D eigenvalue weighted by Crippen LogP contribution is -1.99. The molecule has 2 aromatic rings. The Bertz CT molecular complexity index is 555. The minimum Gasteiger partial charge on any atom is -0.357 e. The second kappa shape index (κ2) is 4.90. The van der Waals surface area contributed by atoms with Crippen LogP contribution >= 0.6 is 23.2 Å². The van der Waals surface area contributed by atoms with Gasteiger partial charge < -0.3 is 5.32 Å². The van der Waals surface area contributed by atoms with Gasteiger partial charge in [0.15, 0.2) is 0 Å². The SMILES string of the molecule is CNc1nc(C)cc(-c2ccc(Cl)c(Cl)c2)n1. The van der Waals surface area contributed by atoms with Gasteiger partial charge in [-0.25, -0.2) is 9.97 Å². The van der Waals surface area contributed by atoms with E-state index in [9.17, 15) is 0 Å². The van der Waals surface area contributed by atoms with Crippen molar-refractivity contribution in [3.63, 3.8) is 0 Å². The first-order chi connectivity index (χ1) is 8.10. The Balaban J connectivity index is 2.52. The van der Waals surface area contributed by atoms with Crippen LogP contribution in [0, 0.1) is 6.92 Å². The van der Waals surface area contributed by atoms with E-state index < -0.39 is 0 Å². The third-order valence-electron chi connectivity index (χ3n) is 2.29. The first-order valence-electron chi connectivity index (χ1n) is 5.09. The lowest BCUT2D eigenvalue weighted by Gasteiger charge is -2.06. The minimum atomic E-state index is 0.520. The molecule has 3 nitrogen and oxygen atoms in total. The second-order valence-corrected chi connectivity index (χ2v) is 4.41. The van der Waals surface area contributed by atoms with Crippen molar-refractivity contribution in [2.24, 2.45) is 0 Å². The lowest BCUT2D eigenvalue weighted by atomic mass is 10.1. The number of nitrogens with zero attached hydrogens (tertiary/aromatic N) is 2. The average molecular weight is 268 g/mol. The van der Waals surface area contributed by atoms with Crippen LogP contribution in [-0.4, -0.2) is 17.0 Å². The van der Waals surface area contributed by atoms with Crippen LogP contribution in [0.1, 0.15) is 5.69 Å². The van der Waals surface area contributed by atoms with Gasteiger partial charge in [0.25, 0.3) is 0 Å². The molecule has 0 spiro atoms. The first-order valence-corrected chi connectivity index (χ1v) is 5.84. The Kier molecular flexibility index (Phi) is 3.50. The van der Waals surface area contributed by atoms with Gasteiger partial charge in [0, 0.05) is 18.3 Å². The number of aryl methyl sites for hydroxylation is 1. The molecule has 1 aromatic heterocycles. The summed E-state index contributed by atoms with van der Waals surface area (Å²) >= 11 is 11.9. The molecule has 0 amide bonds. The number of hydrogen-bond donors (Lipinski definition) is 1. The molecule has 0 aliphatic carbocycles. The van der Waals surface area contributed by atoms with E-state index in [0.717, 1.165) is 17.0 Å². The summed E-state index contributed by atoms with van der Waals surface area (Å²) in [4.78, 5) is 8.61. The topological polar surface area (TPSA) is 37.8 Å². The number of hydrogen-bond acceptors (Lipinski definition) is 3. The number of aromatic nitrogens is 2. The molecule has 88 valence electrons. The Labute approximate surface area is 110 Å². The summed E-state index contributed by atoms with van der Waals surface area (Å²) in [5, 5.41) is 3.98. The van der Waals surface area contributed by atoms with Gasteiger partial charge in [-0.05, 0) is 25.1 Å². The highest BCUT2D eigenvalue weighted by molar-refractivity contribution is 6.42. The molecule has 0 aliphatic rings. The molecular weight excluding hydrogens is 257 g/mol. The standard InChI is InChI=1S/C12H11Cl2N3/c1-7-5-11(17-12(15-2)16-7)8-3-4-9(13)10(14)6-8/h3-6H,1-2H3,(H,15,16,17). The van der Waals surface area contributed by atoms with Gasteiger partial charge in [-0.3, -0.25) is 0 Å². The lowest BCUT2D eigenvalue weighted by molar-refractivity contribution is 1.10. The third-order valence-corrected chi connectivity index (χ3v) is 3.03. The maximum Gasteiger partial charge on any atom is 0.223 e. The highest BCUT2D eigenvalue weighted by atomic mass is 35.5. The van der Waals surface area contributed by atoms with E-state index in [1.54, 1.807) is 19.2 Å². The molecule has 0 saturated heterocycles. The highest BCUT2D eigenvalue weighted by Crippen LogP contribution is 2.28. The summed E-state index contributed by atoms with van der Waals surface area (Å²) in [5.74, 6) is 0.589. The second-order valence-electron chi connectivity index (χ2n) is 3.60. The molecule has 0 atom stereocenters. The molecule has 0 fully saturated rings. The van der Waals surface area contributed by atoms with Crippen LogP contribution in [0.4, 0.5) is 5.95 Å². The molecule has 1 N–H and O–H groups in total. The van der Waals surface area contributed by atoms with Gasteiger partial charge in [0.05, 0.1) is 15.7 Å². The summed E-state index contributed by atoms with van der Waals surface area (Å²) in [5.41, 5.74) is 2.63. The maximum absolute atomic E-state index is 5.99. The summed E-state index contributed by atoms with van der Waals surface area (Å²) in [6.45, 7) is 1.92. The van der Waals surface area contributed by atoms with Crippen molar-refractivity contribution >= 4 is 29.2 Å². The van der Waals surface area contributed by atoms with Crippen molar-refractivity contribution in [2.75, 3.05) is 12.4 Å². The molecule has 1 aromatic carbocycles. The fourth-order valence-electron chi connectivity index (χ4n) is 1.48. The zero-order valence-corrected chi connectivity index (χ0v) is 11.0. The number of anilines is 1. The molecule has 0 radical (unpaired) electrons. The van der Waals surface area contributed by atoms with Crippen LogP contribution in [0.2, 0.25) is 10.0 Å². The van der Waals surface area contributed by atoms with E-state index in [-0.39, 0.29) is 0 Å². The third kappa shape index (κ3) is 2.68. The van der Waals surface area contributed by atoms with Crippen molar-refractivity contribution in [3.8, 4) is 11.3 Å². The van der Waals surface area contributed by atoms with Gasteiger partial charge in [-0.15, -0.1) is 0 Å². The predicted octanol–water partition coefficient (Wildman–Crippen LogP) is 3.80. The molecule has 2 rings (SSSR count). The number of rotatable bonds is 2. The smallest absolute Gasteiger partial charge is 0.223 e. The van der Waals surface area contributed by atoms with Crippen LogP contribution in [0.5, 0.6) is 0 Å². The zero-order chi connectivity index (χ0) is 12.4. The van der Waals surface area contributed by atoms with Gasteiger partial charge in [0.1, 0.15) is 0 Å². The largest absolute Gasteiger partial charge is 0.357 e. The van der Waals surface area contributed by atoms with Gasteiger partial charge in [0.2, 0.25) is 5.95 Å². The predicted molar refractivity (Wildman–Crippen MR) is 71.8 cm³/mol. The molecule has 5 heteroatoms. The van der Waals surface area contributed by atoms with Gasteiger partial charge >= 0.3 is 0 Å². The Morgan fingerprint density at radius 1 is 1.06 bits per heavy atom. The highest BCUT2D eigenvalue weighted by Gasteiger charge is 2.06. The van der Waals surface area contributed by atoms with Crippen molar-refractivity contribution in [3.05, 3.63) is 40.0 Å². The molecule has 0 saturated carbocycles. The number of nitrogens with one attached hydrogen (secondary N) is 1. The molecule has 0 aliphatic heterocycles. The zero-order valence-electron chi connectivity index (χ0n) is 9.46. The fraction of sp³-hybridized carbons (Fsp3) is 0.167. The van der Waals surface area contributed by atoms with E-state index >= 15 is 0 Å². The van der Waals surface area contributed by atoms with Crippen LogP contribution in [0.15, 0.2) is 24.3 Å². The van der Waals surface area contributed by atoms with E-state index in [0.29, 0.717) is 16.0 Å².